The van der Waals surface area contributed by atoms with Gasteiger partial charge >= 0.3 is 0 Å². The molecule has 0 aliphatic heterocycles. The second-order valence-corrected chi connectivity index (χ2v) is 5.62. The number of pyridine rings is 1. The number of rotatable bonds is 5. The molecule has 0 unspecified atom stereocenters. The van der Waals surface area contributed by atoms with Gasteiger partial charge in [-0.15, -0.1) is 0 Å². The van der Waals surface area contributed by atoms with Crippen LogP contribution >= 0.6 is 0 Å². The fourth-order valence-electron chi connectivity index (χ4n) is 1.55. The lowest BCUT2D eigenvalue weighted by Crippen LogP contribution is -2.15. The molecule has 1 aromatic heterocycles. The van der Waals surface area contributed by atoms with Gasteiger partial charge in [-0.1, -0.05) is 6.07 Å². The van der Waals surface area contributed by atoms with Crippen LogP contribution in [0.4, 0.5) is 17.2 Å². The van der Waals surface area contributed by atoms with Gasteiger partial charge in [0.05, 0.1) is 15.5 Å². The van der Waals surface area contributed by atoms with E-state index in [4.69, 9.17) is 5.84 Å². The Morgan fingerprint density at radius 2 is 2.00 bits per heavy atom. The first-order valence-corrected chi connectivity index (χ1v) is 7.10. The van der Waals surface area contributed by atoms with Crippen LogP contribution in [0.1, 0.15) is 0 Å². The summed E-state index contributed by atoms with van der Waals surface area (Å²) in [7, 11) is -3.90. The molecule has 10 heteroatoms. The lowest BCUT2D eigenvalue weighted by atomic mass is 10.3. The molecule has 9 nitrogen and oxygen atoms in total. The summed E-state index contributed by atoms with van der Waals surface area (Å²) >= 11 is 0. The van der Waals surface area contributed by atoms with Gasteiger partial charge in [-0.3, -0.25) is 14.8 Å². The van der Waals surface area contributed by atoms with Gasteiger partial charge in [0, 0.05) is 24.4 Å². The van der Waals surface area contributed by atoms with Gasteiger partial charge in [0.25, 0.3) is 15.7 Å². The van der Waals surface area contributed by atoms with Crippen molar-refractivity contribution < 1.29 is 13.3 Å². The van der Waals surface area contributed by atoms with Crippen molar-refractivity contribution in [1.82, 2.24) is 4.98 Å². The molecule has 0 amide bonds. The van der Waals surface area contributed by atoms with E-state index in [0.29, 0.717) is 0 Å². The third kappa shape index (κ3) is 3.43. The number of nitrogens with zero attached hydrogens (tertiary/aromatic N) is 2. The molecule has 0 bridgehead atoms. The number of hydrogen-bond acceptors (Lipinski definition) is 7. The van der Waals surface area contributed by atoms with E-state index in [1.165, 1.54) is 36.5 Å². The molecule has 0 spiro atoms. The Kier molecular flexibility index (Phi) is 4.00. The predicted octanol–water partition coefficient (Wildman–Crippen LogP) is 1.08. The van der Waals surface area contributed by atoms with E-state index < -0.39 is 14.9 Å². The highest BCUT2D eigenvalue weighted by atomic mass is 32.2. The van der Waals surface area contributed by atoms with Crippen molar-refractivity contribution in [2.75, 3.05) is 10.1 Å². The van der Waals surface area contributed by atoms with E-state index >= 15 is 0 Å². The lowest BCUT2D eigenvalue weighted by molar-refractivity contribution is -0.384. The minimum atomic E-state index is -3.90. The molecular formula is C11H11N5O4S. The van der Waals surface area contributed by atoms with Crippen LogP contribution in [0.2, 0.25) is 0 Å². The van der Waals surface area contributed by atoms with Gasteiger partial charge in [-0.2, -0.15) is 0 Å². The number of anilines is 2. The number of non-ortho nitro benzene ring substituents is 1. The Balaban J connectivity index is 2.32. The normalized spacial score (nSPS) is 10.9. The average molecular weight is 309 g/mol. The number of sulfonamides is 1. The summed E-state index contributed by atoms with van der Waals surface area (Å²) in [5.41, 5.74) is 2.11. The van der Waals surface area contributed by atoms with Crippen LogP contribution in [-0.2, 0) is 10.0 Å². The molecule has 21 heavy (non-hydrogen) atoms. The van der Waals surface area contributed by atoms with E-state index in [2.05, 4.69) is 15.1 Å². The largest absolute Gasteiger partial charge is 0.308 e. The SMILES string of the molecule is NNc1cc(S(=O)(=O)Nc2cccc([N+](=O)[O-])c2)ccn1. The second-order valence-electron chi connectivity index (χ2n) is 3.93. The van der Waals surface area contributed by atoms with Crippen LogP contribution in [0, 0.1) is 10.1 Å². The molecule has 0 aliphatic rings. The zero-order valence-electron chi connectivity index (χ0n) is 10.6. The molecule has 2 rings (SSSR count). The Bertz CT molecular complexity index is 778. The summed E-state index contributed by atoms with van der Waals surface area (Å²) in [6, 6.07) is 7.70. The van der Waals surface area contributed by atoms with Crippen molar-refractivity contribution >= 4 is 27.2 Å². The number of nitro groups is 1. The molecule has 1 aromatic carbocycles. The minimum Gasteiger partial charge on any atom is -0.308 e. The summed E-state index contributed by atoms with van der Waals surface area (Å²) < 4.78 is 26.6. The summed E-state index contributed by atoms with van der Waals surface area (Å²) in [5.74, 6) is 5.34. The van der Waals surface area contributed by atoms with Crippen molar-refractivity contribution in [1.29, 1.82) is 0 Å². The molecule has 0 saturated heterocycles. The summed E-state index contributed by atoms with van der Waals surface area (Å²) in [6.07, 6.45) is 1.27. The summed E-state index contributed by atoms with van der Waals surface area (Å²) in [6.45, 7) is 0. The number of nitrogens with two attached hydrogens (primary N) is 1. The average Bonchev–Trinajstić information content (AvgIpc) is 2.47. The molecule has 0 radical (unpaired) electrons. The number of nitro benzene ring substituents is 1. The predicted molar refractivity (Wildman–Crippen MR) is 76.0 cm³/mol. The maximum absolute atomic E-state index is 12.2. The van der Waals surface area contributed by atoms with Crippen LogP contribution in [0.25, 0.3) is 0 Å². The lowest BCUT2D eigenvalue weighted by Gasteiger charge is -2.08. The van der Waals surface area contributed by atoms with Crippen molar-refractivity contribution in [2.45, 2.75) is 4.90 Å². The van der Waals surface area contributed by atoms with Gasteiger partial charge in [-0.05, 0) is 12.1 Å². The molecule has 0 atom stereocenters. The van der Waals surface area contributed by atoms with Crippen LogP contribution in [0.15, 0.2) is 47.5 Å². The van der Waals surface area contributed by atoms with E-state index in [1.807, 2.05) is 0 Å². The van der Waals surface area contributed by atoms with Crippen LogP contribution < -0.4 is 16.0 Å². The van der Waals surface area contributed by atoms with Gasteiger partial charge < -0.3 is 5.43 Å². The number of hydrazine groups is 1. The van der Waals surface area contributed by atoms with Crippen molar-refractivity contribution in [3.63, 3.8) is 0 Å². The summed E-state index contributed by atoms with van der Waals surface area (Å²) in [4.78, 5) is 13.8. The first kappa shape index (κ1) is 14.7. The van der Waals surface area contributed by atoms with Crippen molar-refractivity contribution in [2.24, 2.45) is 5.84 Å². The van der Waals surface area contributed by atoms with Crippen LogP contribution in [0.3, 0.4) is 0 Å². The summed E-state index contributed by atoms with van der Waals surface area (Å²) in [5, 5.41) is 10.7. The van der Waals surface area contributed by atoms with Gasteiger partial charge in [0.2, 0.25) is 0 Å². The third-order valence-corrected chi connectivity index (χ3v) is 3.88. The Morgan fingerprint density at radius 3 is 2.67 bits per heavy atom. The molecule has 110 valence electrons. The van der Waals surface area contributed by atoms with E-state index in [9.17, 15) is 18.5 Å². The highest BCUT2D eigenvalue weighted by Gasteiger charge is 2.16. The highest BCUT2D eigenvalue weighted by molar-refractivity contribution is 7.92. The van der Waals surface area contributed by atoms with E-state index in [-0.39, 0.29) is 22.1 Å². The minimum absolute atomic E-state index is 0.0723. The molecule has 4 N–H and O–H groups in total. The number of nitrogens with one attached hydrogen (secondary N) is 2. The standard InChI is InChI=1S/C11H11N5O4S/c12-14-11-7-10(4-5-13-11)21(19,20)15-8-2-1-3-9(6-8)16(17)18/h1-7,15H,12H2,(H,13,14). The van der Waals surface area contributed by atoms with Crippen molar-refractivity contribution in [3.8, 4) is 0 Å². The number of nitrogen functional groups attached to an aromatic ring is 1. The fraction of sp³-hybridized carbons (Fsp3) is 0. The molecule has 1 heterocycles. The Labute approximate surface area is 120 Å². The maximum Gasteiger partial charge on any atom is 0.271 e. The molecule has 2 aromatic rings. The Hall–Kier alpha value is -2.72. The van der Waals surface area contributed by atoms with Gasteiger partial charge in [0.1, 0.15) is 5.82 Å². The van der Waals surface area contributed by atoms with E-state index in [1.54, 1.807) is 0 Å². The smallest absolute Gasteiger partial charge is 0.271 e. The fourth-order valence-corrected chi connectivity index (χ4v) is 2.62. The molecular weight excluding hydrogens is 298 g/mol. The number of benzene rings is 1. The topological polar surface area (TPSA) is 140 Å². The maximum atomic E-state index is 12.2. The zero-order chi connectivity index (χ0) is 15.5. The van der Waals surface area contributed by atoms with Crippen LogP contribution in [-0.4, -0.2) is 18.3 Å². The highest BCUT2D eigenvalue weighted by Crippen LogP contribution is 2.21. The zero-order valence-corrected chi connectivity index (χ0v) is 11.4. The van der Waals surface area contributed by atoms with Crippen molar-refractivity contribution in [3.05, 3.63) is 52.7 Å². The quantitative estimate of drug-likeness (QED) is 0.426. The first-order valence-electron chi connectivity index (χ1n) is 5.62. The van der Waals surface area contributed by atoms with Gasteiger partial charge in [0.15, 0.2) is 0 Å². The van der Waals surface area contributed by atoms with Gasteiger partial charge in [-0.25, -0.2) is 19.2 Å². The third-order valence-electron chi connectivity index (χ3n) is 2.50. The second kappa shape index (κ2) is 5.73. The molecule has 0 fully saturated rings. The number of aromatic nitrogens is 1. The monoisotopic (exact) mass is 309 g/mol. The molecule has 0 saturated carbocycles. The van der Waals surface area contributed by atoms with E-state index in [0.717, 1.165) is 6.07 Å². The number of hydrogen-bond donors (Lipinski definition) is 3. The molecule has 0 aliphatic carbocycles. The Morgan fingerprint density at radius 1 is 1.24 bits per heavy atom. The van der Waals surface area contributed by atoms with Crippen LogP contribution in [0.5, 0.6) is 0 Å². The first-order chi connectivity index (χ1) is 9.92.